The van der Waals surface area contributed by atoms with E-state index in [1.165, 1.54) is 4.80 Å². The minimum absolute atomic E-state index is 0.0483. The zero-order chi connectivity index (χ0) is 16.1. The lowest BCUT2D eigenvalue weighted by Crippen LogP contribution is -2.30. The number of carbonyl (C=O) groups is 1. The number of amides is 1. The summed E-state index contributed by atoms with van der Waals surface area (Å²) in [5, 5.41) is 19.4. The van der Waals surface area contributed by atoms with Gasteiger partial charge in [0, 0.05) is 22.5 Å². The number of rotatable bonds is 6. The number of tetrazole rings is 1. The molecule has 6 nitrogen and oxygen atoms in total. The van der Waals surface area contributed by atoms with Crippen molar-refractivity contribution in [3.63, 3.8) is 0 Å². The summed E-state index contributed by atoms with van der Waals surface area (Å²) in [4.78, 5) is 13.2. The zero-order valence-electron chi connectivity index (χ0n) is 12.1. The second-order valence-electron chi connectivity index (χ2n) is 4.89. The minimum Gasteiger partial charge on any atom is -0.354 e. The molecule has 1 aromatic carbocycles. The summed E-state index contributed by atoms with van der Waals surface area (Å²) in [6, 6.07) is 9.50. The molecule has 0 aliphatic heterocycles. The molecule has 0 unspecified atom stereocenters. The molecular formula is C15H14ClN5OS. The van der Waals surface area contributed by atoms with Crippen LogP contribution >= 0.6 is 22.9 Å². The largest absolute Gasteiger partial charge is 0.354 e. The normalized spacial score (nSPS) is 10.7. The van der Waals surface area contributed by atoms with Gasteiger partial charge in [0.1, 0.15) is 6.54 Å². The fourth-order valence-electron chi connectivity index (χ4n) is 2.04. The van der Waals surface area contributed by atoms with Crippen molar-refractivity contribution in [2.45, 2.75) is 13.0 Å². The van der Waals surface area contributed by atoms with Gasteiger partial charge in [-0.1, -0.05) is 23.7 Å². The van der Waals surface area contributed by atoms with E-state index in [4.69, 9.17) is 11.6 Å². The monoisotopic (exact) mass is 347 g/mol. The highest BCUT2D eigenvalue weighted by atomic mass is 35.5. The van der Waals surface area contributed by atoms with Crippen LogP contribution in [0.3, 0.4) is 0 Å². The van der Waals surface area contributed by atoms with Gasteiger partial charge in [0.15, 0.2) is 0 Å². The molecule has 0 aliphatic rings. The molecule has 23 heavy (non-hydrogen) atoms. The third kappa shape index (κ3) is 4.37. The molecule has 1 N–H and O–H groups in total. The van der Waals surface area contributed by atoms with E-state index in [9.17, 15) is 4.79 Å². The van der Waals surface area contributed by atoms with Gasteiger partial charge in [0.05, 0.1) is 0 Å². The van der Waals surface area contributed by atoms with Gasteiger partial charge in [0.2, 0.25) is 11.7 Å². The van der Waals surface area contributed by atoms with Crippen molar-refractivity contribution < 1.29 is 4.79 Å². The molecule has 0 spiro atoms. The Morgan fingerprint density at radius 2 is 2.26 bits per heavy atom. The smallest absolute Gasteiger partial charge is 0.243 e. The van der Waals surface area contributed by atoms with Crippen LogP contribution in [0.1, 0.15) is 5.56 Å². The van der Waals surface area contributed by atoms with Crippen molar-refractivity contribution in [1.29, 1.82) is 0 Å². The fourth-order valence-corrected chi connectivity index (χ4v) is 2.89. The summed E-state index contributed by atoms with van der Waals surface area (Å²) in [6.07, 6.45) is 0.719. The molecule has 0 radical (unpaired) electrons. The summed E-state index contributed by atoms with van der Waals surface area (Å²) < 4.78 is 0. The van der Waals surface area contributed by atoms with Crippen molar-refractivity contribution in [2.75, 3.05) is 6.54 Å². The van der Waals surface area contributed by atoms with Gasteiger partial charge in [-0.05, 0) is 40.8 Å². The Morgan fingerprint density at radius 3 is 3.04 bits per heavy atom. The highest BCUT2D eigenvalue weighted by Gasteiger charge is 2.09. The Kier molecular flexibility index (Phi) is 4.99. The average molecular weight is 348 g/mol. The first kappa shape index (κ1) is 15.6. The molecule has 0 saturated carbocycles. The first-order chi connectivity index (χ1) is 11.2. The van der Waals surface area contributed by atoms with Gasteiger partial charge in [0.25, 0.3) is 0 Å². The van der Waals surface area contributed by atoms with Crippen LogP contribution in [-0.2, 0) is 17.8 Å². The first-order valence-electron chi connectivity index (χ1n) is 7.02. The maximum atomic E-state index is 11.9. The molecule has 0 fully saturated rings. The second-order valence-corrected chi connectivity index (χ2v) is 6.10. The molecule has 1 amide bonds. The SMILES string of the molecule is O=C(Cn1nnc(-c2ccsc2)n1)NCCc1cccc(Cl)c1. The average Bonchev–Trinajstić information content (AvgIpc) is 3.18. The molecule has 0 bridgehead atoms. The van der Waals surface area contributed by atoms with Crippen LogP contribution in [-0.4, -0.2) is 32.7 Å². The molecule has 3 aromatic rings. The maximum absolute atomic E-state index is 11.9. The van der Waals surface area contributed by atoms with E-state index >= 15 is 0 Å². The number of hydrogen-bond acceptors (Lipinski definition) is 5. The van der Waals surface area contributed by atoms with Gasteiger partial charge in [-0.2, -0.15) is 16.1 Å². The van der Waals surface area contributed by atoms with Gasteiger partial charge < -0.3 is 5.32 Å². The Morgan fingerprint density at radius 1 is 1.35 bits per heavy atom. The summed E-state index contributed by atoms with van der Waals surface area (Å²) in [7, 11) is 0. The first-order valence-corrected chi connectivity index (χ1v) is 8.34. The van der Waals surface area contributed by atoms with Crippen molar-refractivity contribution in [1.82, 2.24) is 25.5 Å². The number of carbonyl (C=O) groups excluding carboxylic acids is 1. The van der Waals surface area contributed by atoms with Crippen molar-refractivity contribution in [2.24, 2.45) is 0 Å². The second kappa shape index (κ2) is 7.34. The molecule has 118 valence electrons. The predicted octanol–water partition coefficient (Wildman–Crippen LogP) is 2.41. The topological polar surface area (TPSA) is 72.7 Å². The third-order valence-corrected chi connectivity index (χ3v) is 4.06. The van der Waals surface area contributed by atoms with Gasteiger partial charge >= 0.3 is 0 Å². The lowest BCUT2D eigenvalue weighted by atomic mass is 10.1. The van der Waals surface area contributed by atoms with Gasteiger partial charge in [-0.3, -0.25) is 4.79 Å². The van der Waals surface area contributed by atoms with E-state index in [-0.39, 0.29) is 12.5 Å². The number of hydrogen-bond donors (Lipinski definition) is 1. The molecular weight excluding hydrogens is 334 g/mol. The molecule has 0 aliphatic carbocycles. The van der Waals surface area contributed by atoms with E-state index < -0.39 is 0 Å². The number of nitrogens with zero attached hydrogens (tertiary/aromatic N) is 4. The number of aromatic nitrogens is 4. The van der Waals surface area contributed by atoms with Crippen LogP contribution in [0.25, 0.3) is 11.4 Å². The van der Waals surface area contributed by atoms with Crippen LogP contribution in [0.5, 0.6) is 0 Å². The van der Waals surface area contributed by atoms with Crippen molar-refractivity contribution in [3.8, 4) is 11.4 Å². The highest BCUT2D eigenvalue weighted by Crippen LogP contribution is 2.16. The Bertz CT molecular complexity index is 787. The Labute approximate surface area is 142 Å². The molecule has 3 rings (SSSR count). The summed E-state index contributed by atoms with van der Waals surface area (Å²) in [5.41, 5.74) is 1.99. The lowest BCUT2D eigenvalue weighted by molar-refractivity contribution is -0.122. The van der Waals surface area contributed by atoms with E-state index in [2.05, 4.69) is 20.7 Å². The highest BCUT2D eigenvalue weighted by molar-refractivity contribution is 7.08. The molecule has 8 heteroatoms. The molecule has 2 aromatic heterocycles. The molecule has 2 heterocycles. The van der Waals surface area contributed by atoms with Crippen molar-refractivity contribution >= 4 is 28.8 Å². The Hall–Kier alpha value is -2.25. The quantitative estimate of drug-likeness (QED) is 0.743. The van der Waals surface area contributed by atoms with E-state index in [0.717, 1.165) is 17.5 Å². The van der Waals surface area contributed by atoms with Gasteiger partial charge in [-0.15, -0.1) is 10.2 Å². The zero-order valence-corrected chi connectivity index (χ0v) is 13.7. The van der Waals surface area contributed by atoms with Crippen LogP contribution in [0.2, 0.25) is 5.02 Å². The van der Waals surface area contributed by atoms with Crippen LogP contribution in [0.15, 0.2) is 41.1 Å². The van der Waals surface area contributed by atoms with Gasteiger partial charge in [-0.25, -0.2) is 0 Å². The van der Waals surface area contributed by atoms with E-state index in [1.807, 2.05) is 41.1 Å². The Balaban J connectivity index is 1.48. The lowest BCUT2D eigenvalue weighted by Gasteiger charge is -2.05. The van der Waals surface area contributed by atoms with E-state index in [1.54, 1.807) is 11.3 Å². The molecule has 0 saturated heterocycles. The number of halogens is 1. The standard InChI is InChI=1S/C15H14ClN5OS/c16-13-3-1-2-11(8-13)4-6-17-14(22)9-21-19-15(18-20-21)12-5-7-23-10-12/h1-3,5,7-8,10H,4,6,9H2,(H,17,22). The van der Waals surface area contributed by atoms with Crippen LogP contribution in [0.4, 0.5) is 0 Å². The summed E-state index contributed by atoms with van der Waals surface area (Å²) in [5.74, 6) is 0.374. The fraction of sp³-hybridized carbons (Fsp3) is 0.200. The summed E-state index contributed by atoms with van der Waals surface area (Å²) >= 11 is 7.49. The predicted molar refractivity (Wildman–Crippen MR) is 89.3 cm³/mol. The van der Waals surface area contributed by atoms with Crippen LogP contribution in [0, 0.1) is 0 Å². The maximum Gasteiger partial charge on any atom is 0.243 e. The molecule has 0 atom stereocenters. The summed E-state index contributed by atoms with van der Waals surface area (Å²) in [6.45, 7) is 0.581. The van der Waals surface area contributed by atoms with Crippen LogP contribution < -0.4 is 5.32 Å². The number of thiophene rings is 1. The van der Waals surface area contributed by atoms with E-state index in [0.29, 0.717) is 17.4 Å². The minimum atomic E-state index is -0.152. The number of nitrogens with one attached hydrogen (secondary N) is 1. The number of benzene rings is 1. The third-order valence-electron chi connectivity index (χ3n) is 3.14. The van der Waals surface area contributed by atoms with Crippen molar-refractivity contribution in [3.05, 3.63) is 51.7 Å².